The highest BCUT2D eigenvalue weighted by Crippen LogP contribution is 2.14. The molecule has 0 atom stereocenters. The molecule has 0 radical (unpaired) electrons. The molecule has 2 rings (SSSR count). The first-order valence-electron chi connectivity index (χ1n) is 5.28. The highest BCUT2D eigenvalue weighted by molar-refractivity contribution is 7.89. The first-order valence-corrected chi connectivity index (χ1v) is 7.64. The molecule has 1 heterocycles. The Bertz CT molecular complexity index is 592. The number of hydrogen-bond acceptors (Lipinski definition) is 5. The van der Waals surface area contributed by atoms with Gasteiger partial charge in [-0.25, -0.2) is 18.1 Å². The minimum atomic E-state index is -3.47. The van der Waals surface area contributed by atoms with E-state index in [0.717, 1.165) is 10.7 Å². The lowest BCUT2D eigenvalue weighted by molar-refractivity contribution is 0.581. The van der Waals surface area contributed by atoms with Gasteiger partial charge in [0, 0.05) is 24.3 Å². The molecule has 0 bridgehead atoms. The highest BCUT2D eigenvalue weighted by Gasteiger charge is 2.13. The molecule has 5 nitrogen and oxygen atoms in total. The van der Waals surface area contributed by atoms with E-state index >= 15 is 0 Å². The molecule has 0 saturated carbocycles. The van der Waals surface area contributed by atoms with E-state index in [1.807, 2.05) is 5.38 Å². The zero-order valence-corrected chi connectivity index (χ0v) is 11.4. The second-order valence-electron chi connectivity index (χ2n) is 3.52. The minimum absolute atomic E-state index is 0.216. The van der Waals surface area contributed by atoms with Gasteiger partial charge in [0.15, 0.2) is 0 Å². The molecule has 0 amide bonds. The van der Waals surface area contributed by atoms with E-state index in [9.17, 15) is 8.42 Å². The zero-order valence-electron chi connectivity index (χ0n) is 9.75. The van der Waals surface area contributed by atoms with Crippen LogP contribution in [0.5, 0.6) is 0 Å². The Balaban J connectivity index is 2.09. The lowest BCUT2D eigenvalue weighted by Crippen LogP contribution is -2.23. The average molecular weight is 283 g/mol. The summed E-state index contributed by atoms with van der Waals surface area (Å²) in [6, 6.07) is 6.57. The number of aromatic nitrogens is 1. The molecule has 18 heavy (non-hydrogen) atoms. The third kappa shape index (κ3) is 3.06. The normalized spacial score (nSPS) is 11.4. The summed E-state index contributed by atoms with van der Waals surface area (Å²) in [5, 5.41) is 5.49. The van der Waals surface area contributed by atoms with Gasteiger partial charge < -0.3 is 5.32 Å². The quantitative estimate of drug-likeness (QED) is 0.875. The zero-order chi connectivity index (χ0) is 13.0. The van der Waals surface area contributed by atoms with Crippen molar-refractivity contribution in [2.24, 2.45) is 0 Å². The van der Waals surface area contributed by atoms with Crippen molar-refractivity contribution in [1.29, 1.82) is 0 Å². The van der Waals surface area contributed by atoms with Crippen LogP contribution in [0.4, 0.5) is 5.69 Å². The average Bonchev–Trinajstić information content (AvgIpc) is 2.90. The van der Waals surface area contributed by atoms with Crippen LogP contribution in [-0.2, 0) is 16.6 Å². The van der Waals surface area contributed by atoms with Crippen LogP contribution in [-0.4, -0.2) is 20.4 Å². The molecular formula is C11H13N3O2S2. The van der Waals surface area contributed by atoms with Crippen molar-refractivity contribution in [2.45, 2.75) is 11.4 Å². The standard InChI is InChI=1S/C11H13N3O2S2/c1-12-9-2-4-10(5-3-9)18(15,16)14-8-11-13-6-7-17-11/h2-7,12,14H,8H2,1H3. The van der Waals surface area contributed by atoms with Crippen molar-refractivity contribution in [3.05, 3.63) is 40.8 Å². The SMILES string of the molecule is CNc1ccc(S(=O)(=O)NCc2nccs2)cc1. The van der Waals surface area contributed by atoms with Crippen molar-refractivity contribution in [3.8, 4) is 0 Å². The third-order valence-electron chi connectivity index (χ3n) is 2.35. The van der Waals surface area contributed by atoms with Crippen molar-refractivity contribution >= 4 is 27.0 Å². The van der Waals surface area contributed by atoms with Gasteiger partial charge in [0.2, 0.25) is 10.0 Å². The number of nitrogens with one attached hydrogen (secondary N) is 2. The Morgan fingerprint density at radius 3 is 2.56 bits per heavy atom. The fraction of sp³-hybridized carbons (Fsp3) is 0.182. The van der Waals surface area contributed by atoms with Crippen LogP contribution in [0.2, 0.25) is 0 Å². The summed E-state index contributed by atoms with van der Waals surface area (Å²) in [5.74, 6) is 0. The molecule has 1 aromatic carbocycles. The number of thiazole rings is 1. The highest BCUT2D eigenvalue weighted by atomic mass is 32.2. The van der Waals surface area contributed by atoms with Gasteiger partial charge in [-0.05, 0) is 24.3 Å². The van der Waals surface area contributed by atoms with E-state index in [4.69, 9.17) is 0 Å². The first-order chi connectivity index (χ1) is 8.62. The Morgan fingerprint density at radius 2 is 2.00 bits per heavy atom. The largest absolute Gasteiger partial charge is 0.388 e. The maximum absolute atomic E-state index is 12.0. The molecule has 0 spiro atoms. The van der Waals surface area contributed by atoms with Gasteiger partial charge in [-0.2, -0.15) is 0 Å². The number of sulfonamides is 1. The van der Waals surface area contributed by atoms with Crippen LogP contribution in [0.25, 0.3) is 0 Å². The van der Waals surface area contributed by atoms with Crippen LogP contribution in [0.1, 0.15) is 5.01 Å². The maximum atomic E-state index is 12.0. The fourth-order valence-corrected chi connectivity index (χ4v) is 3.02. The first kappa shape index (κ1) is 13.0. The van der Waals surface area contributed by atoms with E-state index < -0.39 is 10.0 Å². The second-order valence-corrected chi connectivity index (χ2v) is 6.27. The molecule has 0 saturated heterocycles. The van der Waals surface area contributed by atoms with Gasteiger partial charge in [-0.15, -0.1) is 11.3 Å². The van der Waals surface area contributed by atoms with E-state index in [0.29, 0.717) is 0 Å². The van der Waals surface area contributed by atoms with Gasteiger partial charge in [0.25, 0.3) is 0 Å². The number of benzene rings is 1. The predicted octanol–water partition coefficient (Wildman–Crippen LogP) is 1.66. The molecular weight excluding hydrogens is 270 g/mol. The van der Waals surface area contributed by atoms with Gasteiger partial charge >= 0.3 is 0 Å². The minimum Gasteiger partial charge on any atom is -0.388 e. The van der Waals surface area contributed by atoms with Crippen molar-refractivity contribution in [1.82, 2.24) is 9.71 Å². The Morgan fingerprint density at radius 1 is 1.28 bits per heavy atom. The van der Waals surface area contributed by atoms with E-state index in [1.54, 1.807) is 37.5 Å². The number of nitrogens with zero attached hydrogens (tertiary/aromatic N) is 1. The Kier molecular flexibility index (Phi) is 3.95. The summed E-state index contributed by atoms with van der Waals surface area (Å²) in [6.45, 7) is 0.216. The van der Waals surface area contributed by atoms with Crippen LogP contribution in [0.15, 0.2) is 40.7 Å². The summed E-state index contributed by atoms with van der Waals surface area (Å²) in [4.78, 5) is 4.27. The number of rotatable bonds is 5. The summed E-state index contributed by atoms with van der Waals surface area (Å²) >= 11 is 1.42. The molecule has 0 fully saturated rings. The van der Waals surface area contributed by atoms with E-state index in [-0.39, 0.29) is 11.4 Å². The van der Waals surface area contributed by atoms with Crippen molar-refractivity contribution in [3.63, 3.8) is 0 Å². The summed E-state index contributed by atoms with van der Waals surface area (Å²) in [7, 11) is -1.69. The van der Waals surface area contributed by atoms with Gasteiger partial charge in [-0.3, -0.25) is 0 Å². The van der Waals surface area contributed by atoms with Gasteiger partial charge in [-0.1, -0.05) is 0 Å². The molecule has 0 aliphatic carbocycles. The lowest BCUT2D eigenvalue weighted by Gasteiger charge is -2.06. The summed E-state index contributed by atoms with van der Waals surface area (Å²) in [6.07, 6.45) is 1.65. The van der Waals surface area contributed by atoms with E-state index in [2.05, 4.69) is 15.0 Å². The Labute approximate surface area is 110 Å². The number of hydrogen-bond donors (Lipinski definition) is 2. The molecule has 2 aromatic rings. The molecule has 0 unspecified atom stereocenters. The van der Waals surface area contributed by atoms with Gasteiger partial charge in [0.1, 0.15) is 5.01 Å². The molecule has 1 aromatic heterocycles. The third-order valence-corrected chi connectivity index (χ3v) is 4.55. The smallest absolute Gasteiger partial charge is 0.240 e. The topological polar surface area (TPSA) is 71.1 Å². The molecule has 96 valence electrons. The summed E-state index contributed by atoms with van der Waals surface area (Å²) < 4.78 is 26.5. The predicted molar refractivity (Wildman–Crippen MR) is 72.1 cm³/mol. The summed E-state index contributed by atoms with van der Waals surface area (Å²) in [5.41, 5.74) is 0.869. The van der Waals surface area contributed by atoms with Crippen LogP contribution in [0.3, 0.4) is 0 Å². The van der Waals surface area contributed by atoms with Gasteiger partial charge in [0.05, 0.1) is 11.4 Å². The monoisotopic (exact) mass is 283 g/mol. The number of anilines is 1. The Hall–Kier alpha value is -1.44. The van der Waals surface area contributed by atoms with Crippen molar-refractivity contribution < 1.29 is 8.42 Å². The lowest BCUT2D eigenvalue weighted by atomic mass is 10.3. The second kappa shape index (κ2) is 5.47. The van der Waals surface area contributed by atoms with Crippen LogP contribution >= 0.6 is 11.3 Å². The fourth-order valence-electron chi connectivity index (χ4n) is 1.38. The van der Waals surface area contributed by atoms with E-state index in [1.165, 1.54) is 11.3 Å². The molecule has 0 aliphatic rings. The van der Waals surface area contributed by atoms with Crippen LogP contribution in [0, 0.1) is 0 Å². The molecule has 0 aliphatic heterocycles. The van der Waals surface area contributed by atoms with Crippen LogP contribution < -0.4 is 10.0 Å². The van der Waals surface area contributed by atoms with Crippen molar-refractivity contribution in [2.75, 3.05) is 12.4 Å². The molecule has 7 heteroatoms. The maximum Gasteiger partial charge on any atom is 0.240 e. The molecule has 2 N–H and O–H groups in total.